The molecule has 0 aliphatic rings. The van der Waals surface area contributed by atoms with Gasteiger partial charge < -0.3 is 15.5 Å². The third-order valence-corrected chi connectivity index (χ3v) is 2.76. The Morgan fingerprint density at radius 1 is 1.17 bits per heavy atom. The number of halogens is 1. The third-order valence-electron chi connectivity index (χ3n) is 2.59. The summed E-state index contributed by atoms with van der Waals surface area (Å²) in [6.45, 7) is 5.92. The minimum Gasteiger partial charge on any atom is -0.444 e. The van der Waals surface area contributed by atoms with Gasteiger partial charge in [0.05, 0.1) is 23.6 Å². The van der Waals surface area contributed by atoms with Crippen LogP contribution in [0.15, 0.2) is 4.42 Å². The van der Waals surface area contributed by atoms with Crippen LogP contribution in [0.5, 0.6) is 0 Å². The Labute approximate surface area is 110 Å². The molecule has 0 saturated carbocycles. The van der Waals surface area contributed by atoms with Gasteiger partial charge in [-0.3, -0.25) is 0 Å². The van der Waals surface area contributed by atoms with E-state index in [0.29, 0.717) is 29.6 Å². The number of nitrogens with two attached hydrogens (primary N) is 1. The second-order valence-electron chi connectivity index (χ2n) is 3.94. The number of rotatable bonds is 3. The molecule has 6 nitrogen and oxygen atoms in total. The Kier molecular flexibility index (Phi) is 3.38. The average molecular weight is 268 g/mol. The Morgan fingerprint density at radius 3 is 2.50 bits per heavy atom. The van der Waals surface area contributed by atoms with Gasteiger partial charge in [0.25, 0.3) is 0 Å². The molecule has 2 aromatic rings. The van der Waals surface area contributed by atoms with Crippen LogP contribution in [0.1, 0.15) is 23.0 Å². The molecule has 2 heterocycles. The zero-order chi connectivity index (χ0) is 13.3. The molecule has 0 saturated heterocycles. The van der Waals surface area contributed by atoms with Crippen molar-refractivity contribution in [1.29, 1.82) is 0 Å². The molecular formula is C11H14ClN5O. The zero-order valence-electron chi connectivity index (χ0n) is 10.4. The monoisotopic (exact) mass is 267 g/mol. The van der Waals surface area contributed by atoms with Gasteiger partial charge in [-0.15, -0.1) is 0 Å². The fourth-order valence-corrected chi connectivity index (χ4v) is 1.67. The maximum absolute atomic E-state index is 5.85. The summed E-state index contributed by atoms with van der Waals surface area (Å²) in [5.41, 5.74) is 7.83. The van der Waals surface area contributed by atoms with E-state index in [9.17, 15) is 0 Å². The van der Waals surface area contributed by atoms with Crippen molar-refractivity contribution >= 4 is 23.1 Å². The molecule has 7 heteroatoms. The topological polar surface area (TPSA) is 89.9 Å². The van der Waals surface area contributed by atoms with E-state index >= 15 is 0 Å². The van der Waals surface area contributed by atoms with Crippen LogP contribution in [-0.4, -0.2) is 15.0 Å². The van der Waals surface area contributed by atoms with Crippen LogP contribution < -0.4 is 11.1 Å². The molecule has 96 valence electrons. The quantitative estimate of drug-likeness (QED) is 0.829. The number of hydrogen-bond acceptors (Lipinski definition) is 6. The third kappa shape index (κ3) is 2.53. The molecule has 0 aliphatic carbocycles. The molecule has 3 N–H and O–H groups in total. The summed E-state index contributed by atoms with van der Waals surface area (Å²) in [6.07, 6.45) is 0. The van der Waals surface area contributed by atoms with Gasteiger partial charge in [-0.2, -0.15) is 4.98 Å². The first-order valence-electron chi connectivity index (χ1n) is 5.43. The highest BCUT2D eigenvalue weighted by Crippen LogP contribution is 2.21. The maximum atomic E-state index is 5.85. The predicted octanol–water partition coefficient (Wildman–Crippen LogP) is 2.24. The molecule has 2 aromatic heterocycles. The highest BCUT2D eigenvalue weighted by molar-refractivity contribution is 6.28. The van der Waals surface area contributed by atoms with Gasteiger partial charge in [-0.05, 0) is 32.4 Å². The molecular weight excluding hydrogens is 254 g/mol. The molecule has 0 amide bonds. The van der Waals surface area contributed by atoms with Crippen molar-refractivity contribution in [2.45, 2.75) is 27.3 Å². The fraction of sp³-hybridized carbons (Fsp3) is 0.364. The Balaban J connectivity index is 2.15. The maximum Gasteiger partial charge on any atom is 0.224 e. The largest absolute Gasteiger partial charge is 0.444 e. The molecule has 2 rings (SSSR count). The number of anilines is 2. The number of aromatic nitrogens is 3. The summed E-state index contributed by atoms with van der Waals surface area (Å²) < 4.78 is 5.45. The fourth-order valence-electron chi connectivity index (χ4n) is 1.46. The van der Waals surface area contributed by atoms with Crippen molar-refractivity contribution in [3.8, 4) is 0 Å². The van der Waals surface area contributed by atoms with E-state index in [2.05, 4.69) is 20.3 Å². The lowest BCUT2D eigenvalue weighted by Gasteiger charge is -2.08. The normalized spacial score (nSPS) is 10.7. The van der Waals surface area contributed by atoms with Crippen molar-refractivity contribution in [2.75, 3.05) is 11.1 Å². The summed E-state index contributed by atoms with van der Waals surface area (Å²) in [6, 6.07) is 0. The Morgan fingerprint density at radius 2 is 1.89 bits per heavy atom. The zero-order valence-corrected chi connectivity index (χ0v) is 11.2. The lowest BCUT2D eigenvalue weighted by molar-refractivity contribution is 0.478. The second kappa shape index (κ2) is 4.81. The number of nitrogens with one attached hydrogen (secondary N) is 1. The van der Waals surface area contributed by atoms with E-state index in [4.69, 9.17) is 21.8 Å². The van der Waals surface area contributed by atoms with E-state index in [-0.39, 0.29) is 5.28 Å². The second-order valence-corrected chi connectivity index (χ2v) is 4.28. The van der Waals surface area contributed by atoms with Gasteiger partial charge in [0, 0.05) is 0 Å². The van der Waals surface area contributed by atoms with Crippen LogP contribution in [0.3, 0.4) is 0 Å². The van der Waals surface area contributed by atoms with Crippen molar-refractivity contribution in [3.05, 3.63) is 28.3 Å². The smallest absolute Gasteiger partial charge is 0.224 e. The van der Waals surface area contributed by atoms with Gasteiger partial charge in [0.15, 0.2) is 5.82 Å². The van der Waals surface area contributed by atoms with Crippen molar-refractivity contribution in [3.63, 3.8) is 0 Å². The highest BCUT2D eigenvalue weighted by Gasteiger charge is 2.10. The molecule has 0 unspecified atom stereocenters. The van der Waals surface area contributed by atoms with Crippen LogP contribution in [0.25, 0.3) is 0 Å². The first kappa shape index (κ1) is 12.6. The summed E-state index contributed by atoms with van der Waals surface area (Å²) in [4.78, 5) is 12.2. The minimum atomic E-state index is 0.156. The van der Waals surface area contributed by atoms with E-state index in [1.54, 1.807) is 6.92 Å². The number of nitrogens with zero attached hydrogens (tertiary/aromatic N) is 3. The van der Waals surface area contributed by atoms with Gasteiger partial charge >= 0.3 is 0 Å². The average Bonchev–Trinajstić information content (AvgIpc) is 2.61. The van der Waals surface area contributed by atoms with Crippen molar-refractivity contribution in [2.24, 2.45) is 0 Å². The van der Waals surface area contributed by atoms with Crippen molar-refractivity contribution < 1.29 is 4.42 Å². The highest BCUT2D eigenvalue weighted by atomic mass is 35.5. The standard InChI is InChI=1S/C11H14ClN5O/c1-5-7(3)18-8(15-5)4-14-10-9(13)6(2)16-11(12)17-10/h4,13H2,1-3H3,(H,14,16,17). The summed E-state index contributed by atoms with van der Waals surface area (Å²) >= 11 is 5.78. The number of oxazole rings is 1. The Hall–Kier alpha value is -1.82. The van der Waals surface area contributed by atoms with Crippen LogP contribution in [0.4, 0.5) is 11.5 Å². The lowest BCUT2D eigenvalue weighted by atomic mass is 10.3. The summed E-state index contributed by atoms with van der Waals surface area (Å²) in [5.74, 6) is 1.87. The van der Waals surface area contributed by atoms with Gasteiger partial charge in [0.1, 0.15) is 5.76 Å². The SMILES string of the molecule is Cc1nc(CNc2nc(Cl)nc(C)c2N)oc1C. The number of hydrogen-bond donors (Lipinski definition) is 2. The first-order valence-corrected chi connectivity index (χ1v) is 5.81. The molecule has 0 fully saturated rings. The molecule has 0 aromatic carbocycles. The molecule has 0 atom stereocenters. The first-order chi connectivity index (χ1) is 8.47. The van der Waals surface area contributed by atoms with Crippen LogP contribution in [0.2, 0.25) is 5.28 Å². The van der Waals surface area contributed by atoms with E-state index in [1.165, 1.54) is 0 Å². The van der Waals surface area contributed by atoms with Gasteiger partial charge in [-0.1, -0.05) is 0 Å². The molecule has 0 spiro atoms. The molecule has 0 bridgehead atoms. The lowest BCUT2D eigenvalue weighted by Crippen LogP contribution is -2.07. The van der Waals surface area contributed by atoms with E-state index in [0.717, 1.165) is 11.5 Å². The summed E-state index contributed by atoms with van der Waals surface area (Å²) in [7, 11) is 0. The Bertz CT molecular complexity index is 562. The number of nitrogen functional groups attached to an aromatic ring is 1. The predicted molar refractivity (Wildman–Crippen MR) is 69.5 cm³/mol. The van der Waals surface area contributed by atoms with Crippen LogP contribution in [-0.2, 0) is 6.54 Å². The van der Waals surface area contributed by atoms with Crippen molar-refractivity contribution in [1.82, 2.24) is 15.0 Å². The minimum absolute atomic E-state index is 0.156. The van der Waals surface area contributed by atoms with E-state index < -0.39 is 0 Å². The number of aryl methyl sites for hydroxylation is 3. The van der Waals surface area contributed by atoms with E-state index in [1.807, 2.05) is 13.8 Å². The van der Waals surface area contributed by atoms with Gasteiger partial charge in [0.2, 0.25) is 11.2 Å². The molecule has 0 radical (unpaired) electrons. The van der Waals surface area contributed by atoms with Gasteiger partial charge in [-0.25, -0.2) is 9.97 Å². The molecule has 18 heavy (non-hydrogen) atoms. The summed E-state index contributed by atoms with van der Waals surface area (Å²) in [5, 5.41) is 3.19. The van der Waals surface area contributed by atoms with Crippen LogP contribution in [0, 0.1) is 20.8 Å². The molecule has 0 aliphatic heterocycles. The van der Waals surface area contributed by atoms with Crippen LogP contribution >= 0.6 is 11.6 Å².